The Morgan fingerprint density at radius 2 is 1.79 bits per heavy atom. The van der Waals surface area contributed by atoms with Gasteiger partial charge in [-0.25, -0.2) is 13.2 Å². The van der Waals surface area contributed by atoms with Crippen LogP contribution in [0, 0.1) is 23.6 Å². The lowest BCUT2D eigenvalue weighted by atomic mass is 9.78. The number of alkyl halides is 2. The van der Waals surface area contributed by atoms with E-state index in [1.807, 2.05) is 6.08 Å². The largest absolute Gasteiger partial charge is 0.484 e. The third-order valence-electron chi connectivity index (χ3n) is 7.23. The molecule has 1 aromatic rings. The van der Waals surface area contributed by atoms with Gasteiger partial charge in [-0.3, -0.25) is 0 Å². The van der Waals surface area contributed by atoms with Gasteiger partial charge >= 0.3 is 0 Å². The van der Waals surface area contributed by atoms with Gasteiger partial charge in [-0.1, -0.05) is 38.3 Å². The van der Waals surface area contributed by atoms with Crippen LogP contribution in [0.25, 0.3) is 0 Å². The highest BCUT2D eigenvalue weighted by Gasteiger charge is 2.35. The van der Waals surface area contributed by atoms with E-state index in [1.54, 1.807) is 11.5 Å². The molecule has 0 aromatic heterocycles. The van der Waals surface area contributed by atoms with E-state index in [-0.39, 0.29) is 24.2 Å². The van der Waals surface area contributed by atoms with Crippen LogP contribution in [0.4, 0.5) is 13.2 Å². The van der Waals surface area contributed by atoms with Crippen LogP contribution in [0.3, 0.4) is 0 Å². The molecule has 1 saturated carbocycles. The summed E-state index contributed by atoms with van der Waals surface area (Å²) in [5.41, 5.74) is 0.753. The maximum absolute atomic E-state index is 14.6. The molecule has 1 aliphatic carbocycles. The predicted octanol–water partition coefficient (Wildman–Crippen LogP) is 8.53. The Labute approximate surface area is 202 Å². The molecule has 0 spiro atoms. The van der Waals surface area contributed by atoms with Crippen LogP contribution in [-0.2, 0) is 4.74 Å². The Balaban J connectivity index is 1.43. The number of benzene rings is 1. The van der Waals surface area contributed by atoms with E-state index in [9.17, 15) is 13.2 Å². The summed E-state index contributed by atoms with van der Waals surface area (Å²) < 4.78 is 54.8. The van der Waals surface area contributed by atoms with Crippen LogP contribution < -0.4 is 4.74 Å². The van der Waals surface area contributed by atoms with Crippen molar-refractivity contribution < 1.29 is 22.6 Å². The first-order chi connectivity index (χ1) is 15.9. The summed E-state index contributed by atoms with van der Waals surface area (Å²) in [6, 6.07) is 4.58. The number of rotatable bonds is 11. The van der Waals surface area contributed by atoms with Crippen LogP contribution in [0.15, 0.2) is 29.7 Å². The van der Waals surface area contributed by atoms with Crippen molar-refractivity contribution in [2.45, 2.75) is 89.6 Å². The molecule has 2 atom stereocenters. The van der Waals surface area contributed by atoms with Gasteiger partial charge in [0.15, 0.2) is 18.2 Å². The lowest BCUT2D eigenvalue weighted by molar-refractivity contribution is -0.0649. The molecule has 1 aromatic carbocycles. The number of hydrogen-bond acceptors (Lipinski definition) is 3. The Morgan fingerprint density at radius 3 is 2.42 bits per heavy atom. The van der Waals surface area contributed by atoms with Gasteiger partial charge in [0.05, 0.1) is 12.7 Å². The summed E-state index contributed by atoms with van der Waals surface area (Å²) >= 11 is 4.07. The molecule has 0 radical (unpaired) electrons. The van der Waals surface area contributed by atoms with Gasteiger partial charge in [-0.2, -0.15) is 12.6 Å². The summed E-state index contributed by atoms with van der Waals surface area (Å²) in [5, 5.41) is 1.76. The topological polar surface area (TPSA) is 18.5 Å². The van der Waals surface area contributed by atoms with Crippen LogP contribution in [0.1, 0.15) is 89.2 Å². The minimum atomic E-state index is -2.96. The van der Waals surface area contributed by atoms with Crippen molar-refractivity contribution >= 4 is 12.6 Å². The molecule has 0 N–H and O–H groups in total. The van der Waals surface area contributed by atoms with Gasteiger partial charge < -0.3 is 9.47 Å². The Hall–Kier alpha value is -1.14. The number of allylic oxidation sites excluding steroid dienone is 1. The van der Waals surface area contributed by atoms with E-state index in [0.29, 0.717) is 18.4 Å². The number of thiol groups is 1. The fourth-order valence-corrected chi connectivity index (χ4v) is 5.48. The third kappa shape index (κ3) is 8.54. The van der Waals surface area contributed by atoms with Gasteiger partial charge in [-0.15, -0.1) is 0 Å². The summed E-state index contributed by atoms with van der Waals surface area (Å²) in [7, 11) is 0. The van der Waals surface area contributed by atoms with Crippen molar-refractivity contribution in [1.29, 1.82) is 0 Å². The van der Waals surface area contributed by atoms with Gasteiger partial charge in [0.25, 0.3) is 5.92 Å². The molecule has 1 heterocycles. The Bertz CT molecular complexity index is 739. The van der Waals surface area contributed by atoms with Crippen molar-refractivity contribution in [2.24, 2.45) is 17.8 Å². The molecular formula is C27H39F3O2S. The fraction of sp³-hybridized carbons (Fsp3) is 0.704. The summed E-state index contributed by atoms with van der Waals surface area (Å²) in [6.07, 6.45) is 11.7. The molecule has 186 valence electrons. The zero-order valence-corrected chi connectivity index (χ0v) is 20.7. The normalized spacial score (nSPS) is 26.6. The summed E-state index contributed by atoms with van der Waals surface area (Å²) in [6.45, 7) is 2.08. The van der Waals surface area contributed by atoms with Crippen LogP contribution >= 0.6 is 12.6 Å². The molecule has 2 unspecified atom stereocenters. The SMILES string of the molecule is CCCC1CCC(c2ccc(OCC(F)(F)CC3CCC(CC/C=C/S)CC3)c(F)c2)OC1. The zero-order valence-electron chi connectivity index (χ0n) is 19.8. The molecule has 0 bridgehead atoms. The number of halogens is 3. The Kier molecular flexibility index (Phi) is 10.5. The summed E-state index contributed by atoms with van der Waals surface area (Å²) in [4.78, 5) is 0. The van der Waals surface area contributed by atoms with Gasteiger partial charge in [0, 0.05) is 6.42 Å². The lowest BCUT2D eigenvalue weighted by Crippen LogP contribution is -2.30. The predicted molar refractivity (Wildman–Crippen MR) is 131 cm³/mol. The summed E-state index contributed by atoms with van der Waals surface area (Å²) in [5.74, 6) is -2.47. The van der Waals surface area contributed by atoms with Gasteiger partial charge in [-0.05, 0) is 85.8 Å². The minimum absolute atomic E-state index is 0.00692. The molecule has 2 aliphatic rings. The van der Waals surface area contributed by atoms with Crippen molar-refractivity contribution in [3.63, 3.8) is 0 Å². The highest BCUT2D eigenvalue weighted by Crippen LogP contribution is 2.38. The monoisotopic (exact) mass is 484 g/mol. The molecule has 6 heteroatoms. The van der Waals surface area contributed by atoms with E-state index in [4.69, 9.17) is 9.47 Å². The van der Waals surface area contributed by atoms with E-state index in [1.165, 1.54) is 12.1 Å². The quantitative estimate of drug-likeness (QED) is 0.317. The Morgan fingerprint density at radius 1 is 1.06 bits per heavy atom. The van der Waals surface area contributed by atoms with Crippen molar-refractivity contribution in [3.05, 3.63) is 41.1 Å². The second-order valence-electron chi connectivity index (χ2n) is 9.94. The standard InChI is InChI=1S/C27H39F3O2S/c1-2-5-22-11-13-25(31-18-22)23-12-14-26(24(28)16-23)32-19-27(29,30)17-21-9-7-20(8-10-21)6-3-4-15-33/h4,12,14-16,20-22,25,33H,2-3,5-11,13,17-19H2,1H3/b15-4+. The smallest absolute Gasteiger partial charge is 0.281 e. The fourth-order valence-electron chi connectivity index (χ4n) is 5.33. The van der Waals surface area contributed by atoms with Crippen LogP contribution in [-0.4, -0.2) is 19.1 Å². The zero-order chi connectivity index (χ0) is 23.7. The average Bonchev–Trinajstić information content (AvgIpc) is 2.80. The lowest BCUT2D eigenvalue weighted by Gasteiger charge is -2.31. The van der Waals surface area contributed by atoms with Gasteiger partial charge in [0.1, 0.15) is 0 Å². The molecule has 2 fully saturated rings. The van der Waals surface area contributed by atoms with E-state index < -0.39 is 18.3 Å². The van der Waals surface area contributed by atoms with E-state index in [2.05, 4.69) is 19.6 Å². The molecule has 0 amide bonds. The minimum Gasteiger partial charge on any atom is -0.484 e. The first-order valence-electron chi connectivity index (χ1n) is 12.6. The highest BCUT2D eigenvalue weighted by atomic mass is 32.1. The van der Waals surface area contributed by atoms with E-state index in [0.717, 1.165) is 69.8 Å². The number of ether oxygens (including phenoxy) is 2. The van der Waals surface area contributed by atoms with Crippen LogP contribution in [0.2, 0.25) is 0 Å². The molecule has 2 nitrogen and oxygen atoms in total. The second kappa shape index (κ2) is 13.1. The highest BCUT2D eigenvalue weighted by molar-refractivity contribution is 7.83. The van der Waals surface area contributed by atoms with Gasteiger partial charge in [0.2, 0.25) is 0 Å². The molecule has 3 rings (SSSR count). The van der Waals surface area contributed by atoms with Crippen molar-refractivity contribution in [2.75, 3.05) is 13.2 Å². The first-order valence-corrected chi connectivity index (χ1v) is 13.1. The maximum Gasteiger partial charge on any atom is 0.281 e. The third-order valence-corrected chi connectivity index (χ3v) is 7.45. The molecule has 33 heavy (non-hydrogen) atoms. The van der Waals surface area contributed by atoms with Crippen LogP contribution in [0.5, 0.6) is 5.75 Å². The van der Waals surface area contributed by atoms with Crippen molar-refractivity contribution in [1.82, 2.24) is 0 Å². The molecule has 1 saturated heterocycles. The number of hydrogen-bond donors (Lipinski definition) is 1. The van der Waals surface area contributed by atoms with E-state index >= 15 is 0 Å². The second-order valence-corrected chi connectivity index (χ2v) is 10.2. The first kappa shape index (κ1) is 26.5. The van der Waals surface area contributed by atoms with Crippen molar-refractivity contribution in [3.8, 4) is 5.75 Å². The maximum atomic E-state index is 14.6. The molecule has 1 aliphatic heterocycles. The molecular weight excluding hydrogens is 445 g/mol. The average molecular weight is 485 g/mol.